The van der Waals surface area contributed by atoms with E-state index in [1.165, 1.54) is 19.3 Å². The molecule has 0 radical (unpaired) electrons. The Labute approximate surface area is 144 Å². The summed E-state index contributed by atoms with van der Waals surface area (Å²) >= 11 is 0. The van der Waals surface area contributed by atoms with Crippen LogP contribution in [0, 0.1) is 35.5 Å². The number of esters is 2. The summed E-state index contributed by atoms with van der Waals surface area (Å²) in [6.45, 7) is 11.5. The van der Waals surface area contributed by atoms with E-state index in [0.29, 0.717) is 42.1 Å². The highest BCUT2D eigenvalue weighted by molar-refractivity contribution is 5.87. The van der Waals surface area contributed by atoms with E-state index in [2.05, 4.69) is 13.2 Å². The molecule has 0 aliphatic heterocycles. The van der Waals surface area contributed by atoms with Gasteiger partial charge < -0.3 is 9.47 Å². The fourth-order valence-electron chi connectivity index (χ4n) is 5.35. The summed E-state index contributed by atoms with van der Waals surface area (Å²) < 4.78 is 10.9. The summed E-state index contributed by atoms with van der Waals surface area (Å²) in [6.07, 6.45) is 5.06. The number of hydrogen-bond donors (Lipinski definition) is 0. The second-order valence-electron chi connectivity index (χ2n) is 7.99. The van der Waals surface area contributed by atoms with Gasteiger partial charge >= 0.3 is 11.9 Å². The molecule has 0 aromatic carbocycles. The van der Waals surface area contributed by atoms with E-state index in [-0.39, 0.29) is 17.9 Å². The first-order valence-corrected chi connectivity index (χ1v) is 9.03. The molecule has 3 rings (SSSR count). The van der Waals surface area contributed by atoms with Crippen molar-refractivity contribution in [3.63, 3.8) is 0 Å². The van der Waals surface area contributed by atoms with Crippen LogP contribution in [0.25, 0.3) is 0 Å². The van der Waals surface area contributed by atoms with Crippen molar-refractivity contribution in [3.8, 4) is 0 Å². The summed E-state index contributed by atoms with van der Waals surface area (Å²) in [6, 6.07) is 0. The number of carbonyl (C=O) groups excluding carboxylic acids is 2. The lowest BCUT2D eigenvalue weighted by Crippen LogP contribution is -2.30. The third-order valence-electron chi connectivity index (χ3n) is 6.37. The van der Waals surface area contributed by atoms with Crippen molar-refractivity contribution < 1.29 is 19.1 Å². The second kappa shape index (κ2) is 6.73. The number of carbonyl (C=O) groups is 2. The van der Waals surface area contributed by atoms with Gasteiger partial charge in [0.1, 0.15) is 0 Å². The smallest absolute Gasteiger partial charge is 0.333 e. The van der Waals surface area contributed by atoms with Gasteiger partial charge in [-0.3, -0.25) is 0 Å². The molecule has 0 heterocycles. The Hall–Kier alpha value is -1.58. The maximum absolute atomic E-state index is 11.8. The van der Waals surface area contributed by atoms with Gasteiger partial charge in [-0.25, -0.2) is 9.59 Å². The van der Waals surface area contributed by atoms with E-state index in [9.17, 15) is 9.59 Å². The van der Waals surface area contributed by atoms with Crippen LogP contribution in [0.15, 0.2) is 24.3 Å². The molecule has 6 unspecified atom stereocenters. The van der Waals surface area contributed by atoms with Crippen molar-refractivity contribution in [1.82, 2.24) is 0 Å². The summed E-state index contributed by atoms with van der Waals surface area (Å²) in [4.78, 5) is 23.5. The molecule has 2 bridgehead atoms. The minimum Gasteiger partial charge on any atom is -0.462 e. The lowest BCUT2D eigenvalue weighted by Gasteiger charge is -2.30. The van der Waals surface area contributed by atoms with Gasteiger partial charge in [-0.1, -0.05) is 13.2 Å². The topological polar surface area (TPSA) is 52.6 Å². The predicted octanol–water partition coefficient (Wildman–Crippen LogP) is 3.52. The van der Waals surface area contributed by atoms with Gasteiger partial charge in [0.25, 0.3) is 0 Å². The third-order valence-corrected chi connectivity index (χ3v) is 6.37. The van der Waals surface area contributed by atoms with Crippen molar-refractivity contribution in [3.05, 3.63) is 24.3 Å². The maximum atomic E-state index is 11.8. The van der Waals surface area contributed by atoms with Gasteiger partial charge in [0.2, 0.25) is 0 Å². The Bertz CT molecular complexity index is 564. The monoisotopic (exact) mass is 332 g/mol. The van der Waals surface area contributed by atoms with Crippen LogP contribution in [0.5, 0.6) is 0 Å². The summed E-state index contributed by atoms with van der Waals surface area (Å²) in [7, 11) is 0. The highest BCUT2D eigenvalue weighted by atomic mass is 16.5. The van der Waals surface area contributed by atoms with Crippen LogP contribution in [0.4, 0.5) is 0 Å². The highest BCUT2D eigenvalue weighted by Gasteiger charge is 2.56. The van der Waals surface area contributed by atoms with Crippen LogP contribution in [0.2, 0.25) is 0 Å². The third kappa shape index (κ3) is 3.15. The molecule has 4 nitrogen and oxygen atoms in total. The Morgan fingerprint density at radius 3 is 2.12 bits per heavy atom. The molecule has 0 saturated heterocycles. The second-order valence-corrected chi connectivity index (χ2v) is 7.99. The summed E-state index contributed by atoms with van der Waals surface area (Å²) in [5, 5.41) is 0. The van der Waals surface area contributed by atoms with Crippen LogP contribution in [-0.4, -0.2) is 25.2 Å². The minimum atomic E-state index is -0.326. The Balaban J connectivity index is 1.66. The van der Waals surface area contributed by atoms with Gasteiger partial charge in [0, 0.05) is 17.1 Å². The van der Waals surface area contributed by atoms with Gasteiger partial charge in [-0.2, -0.15) is 0 Å². The molecule has 0 aromatic rings. The van der Waals surface area contributed by atoms with E-state index in [4.69, 9.17) is 9.47 Å². The zero-order valence-corrected chi connectivity index (χ0v) is 14.8. The van der Waals surface area contributed by atoms with E-state index in [1.807, 2.05) is 0 Å². The largest absolute Gasteiger partial charge is 0.462 e. The quantitative estimate of drug-likeness (QED) is 0.551. The molecule has 0 amide bonds. The van der Waals surface area contributed by atoms with Crippen molar-refractivity contribution in [2.24, 2.45) is 35.5 Å². The molecule has 132 valence electrons. The normalized spacial score (nSPS) is 36.2. The zero-order valence-electron chi connectivity index (χ0n) is 14.8. The molecular formula is C20H28O4. The molecule has 3 aliphatic rings. The molecule has 6 atom stereocenters. The van der Waals surface area contributed by atoms with Crippen molar-refractivity contribution in [2.75, 3.05) is 13.2 Å². The molecule has 3 aliphatic carbocycles. The summed E-state index contributed by atoms with van der Waals surface area (Å²) in [5.74, 6) is 2.85. The van der Waals surface area contributed by atoms with Crippen molar-refractivity contribution >= 4 is 11.9 Å². The number of fused-ring (bicyclic) bond motifs is 5. The van der Waals surface area contributed by atoms with Gasteiger partial charge in [-0.15, -0.1) is 0 Å². The number of hydrogen-bond acceptors (Lipinski definition) is 4. The fraction of sp³-hybridized carbons (Fsp3) is 0.700. The van der Waals surface area contributed by atoms with E-state index in [1.54, 1.807) is 13.8 Å². The average Bonchev–Trinajstić information content (AvgIpc) is 3.21. The Morgan fingerprint density at radius 2 is 1.50 bits per heavy atom. The Kier molecular flexibility index (Phi) is 4.84. The number of ether oxygens (including phenoxy) is 2. The predicted molar refractivity (Wildman–Crippen MR) is 91.0 cm³/mol. The summed E-state index contributed by atoms with van der Waals surface area (Å²) in [5.41, 5.74) is 0.862. The first-order valence-electron chi connectivity index (χ1n) is 9.03. The zero-order chi connectivity index (χ0) is 17.4. The fourth-order valence-corrected chi connectivity index (χ4v) is 5.35. The van der Waals surface area contributed by atoms with Gasteiger partial charge in [0.05, 0.1) is 13.2 Å². The standard InChI is InChI=1S/C20H28O4/c1-11(2)19(21)23-9-15-8-16-13-5-6-14(7-13)18(16)17(15)10-24-20(22)12(3)4/h13-18H,1,3,5-10H2,2,4H3. The van der Waals surface area contributed by atoms with Crippen molar-refractivity contribution in [1.29, 1.82) is 0 Å². The van der Waals surface area contributed by atoms with Crippen LogP contribution < -0.4 is 0 Å². The number of rotatable bonds is 6. The van der Waals surface area contributed by atoms with E-state index < -0.39 is 0 Å². The molecule has 0 N–H and O–H groups in total. The molecule has 4 heteroatoms. The van der Waals surface area contributed by atoms with Crippen LogP contribution >= 0.6 is 0 Å². The first-order chi connectivity index (χ1) is 11.4. The maximum Gasteiger partial charge on any atom is 0.333 e. The molecule has 0 spiro atoms. The lowest BCUT2D eigenvalue weighted by molar-refractivity contribution is -0.145. The van der Waals surface area contributed by atoms with Crippen LogP contribution in [0.3, 0.4) is 0 Å². The SMILES string of the molecule is C=C(C)C(=O)OCC1CC2C3CCC(C3)C2C1COC(=O)C(=C)C. The molecule has 24 heavy (non-hydrogen) atoms. The molecule has 3 saturated carbocycles. The van der Waals surface area contributed by atoms with Crippen LogP contribution in [0.1, 0.15) is 39.5 Å². The van der Waals surface area contributed by atoms with E-state index in [0.717, 1.165) is 18.3 Å². The minimum absolute atomic E-state index is 0.282. The van der Waals surface area contributed by atoms with Crippen LogP contribution in [-0.2, 0) is 19.1 Å². The van der Waals surface area contributed by atoms with Gasteiger partial charge in [0.15, 0.2) is 0 Å². The van der Waals surface area contributed by atoms with Gasteiger partial charge in [-0.05, 0) is 69.1 Å². The van der Waals surface area contributed by atoms with E-state index >= 15 is 0 Å². The Morgan fingerprint density at radius 1 is 0.917 bits per heavy atom. The first kappa shape index (κ1) is 17.2. The molecule has 0 aromatic heterocycles. The lowest BCUT2D eigenvalue weighted by atomic mass is 9.77. The highest BCUT2D eigenvalue weighted by Crippen LogP contribution is 2.62. The molecular weight excluding hydrogens is 304 g/mol. The molecule has 3 fully saturated rings. The van der Waals surface area contributed by atoms with Crippen molar-refractivity contribution in [2.45, 2.75) is 39.5 Å². The average molecular weight is 332 g/mol.